The van der Waals surface area contributed by atoms with Gasteiger partial charge >= 0.3 is 5.97 Å². The molecule has 6 nitrogen and oxygen atoms in total. The van der Waals surface area contributed by atoms with Crippen LogP contribution >= 0.6 is 15.9 Å². The van der Waals surface area contributed by atoms with Crippen molar-refractivity contribution in [3.8, 4) is 0 Å². The molecule has 0 unspecified atom stereocenters. The molecule has 0 radical (unpaired) electrons. The number of hydrogen-bond donors (Lipinski definition) is 0. The Balaban J connectivity index is 2.43. The molecular formula is C14H16BrN3O3. The molecule has 0 N–H and O–H groups in total. The molecule has 2 heterocycles. The number of aromatic nitrogens is 3. The van der Waals surface area contributed by atoms with E-state index in [2.05, 4.69) is 21.0 Å². The lowest BCUT2D eigenvalue weighted by atomic mass is 10.2. The van der Waals surface area contributed by atoms with Crippen LogP contribution in [0.2, 0.25) is 0 Å². The molecule has 0 amide bonds. The SMILES string of the molecule is CCOC(=O)c1cnn(C)c1Cn1cc(Br)cc(C)c1=O. The third-order valence-corrected chi connectivity index (χ3v) is 3.54. The smallest absolute Gasteiger partial charge is 0.341 e. The molecule has 7 heteroatoms. The van der Waals surface area contributed by atoms with Gasteiger partial charge in [-0.2, -0.15) is 5.10 Å². The molecule has 2 aromatic heterocycles. The van der Waals surface area contributed by atoms with E-state index in [0.717, 1.165) is 4.47 Å². The van der Waals surface area contributed by atoms with Gasteiger partial charge in [0.25, 0.3) is 5.56 Å². The molecule has 0 aliphatic rings. The van der Waals surface area contributed by atoms with E-state index in [1.165, 1.54) is 6.20 Å². The van der Waals surface area contributed by atoms with Gasteiger partial charge in [-0.25, -0.2) is 4.79 Å². The van der Waals surface area contributed by atoms with Crippen molar-refractivity contribution in [1.29, 1.82) is 0 Å². The summed E-state index contributed by atoms with van der Waals surface area (Å²) in [6, 6.07) is 1.76. The predicted molar refractivity (Wildman–Crippen MR) is 81.4 cm³/mol. The number of ether oxygens (including phenoxy) is 1. The Kier molecular flexibility index (Phi) is 4.62. The summed E-state index contributed by atoms with van der Waals surface area (Å²) >= 11 is 3.37. The molecule has 0 aromatic carbocycles. The van der Waals surface area contributed by atoms with Crippen LogP contribution in [0.15, 0.2) is 27.7 Å². The van der Waals surface area contributed by atoms with Gasteiger partial charge in [-0.3, -0.25) is 9.48 Å². The van der Waals surface area contributed by atoms with Crippen LogP contribution in [0.1, 0.15) is 28.5 Å². The minimum atomic E-state index is -0.430. The van der Waals surface area contributed by atoms with Gasteiger partial charge in [0, 0.05) is 23.3 Å². The molecule has 0 aliphatic carbocycles. The Hall–Kier alpha value is -1.89. The molecule has 0 saturated heterocycles. The summed E-state index contributed by atoms with van der Waals surface area (Å²) in [6.45, 7) is 4.04. The molecule has 21 heavy (non-hydrogen) atoms. The maximum atomic E-state index is 12.2. The van der Waals surface area contributed by atoms with Crippen LogP contribution in [0.25, 0.3) is 0 Å². The fraction of sp³-hybridized carbons (Fsp3) is 0.357. The summed E-state index contributed by atoms with van der Waals surface area (Å²) in [6.07, 6.45) is 3.15. The van der Waals surface area contributed by atoms with E-state index in [4.69, 9.17) is 4.74 Å². The van der Waals surface area contributed by atoms with Crippen LogP contribution in [0.3, 0.4) is 0 Å². The second-order valence-corrected chi connectivity index (χ2v) is 5.54. The van der Waals surface area contributed by atoms with E-state index in [-0.39, 0.29) is 12.1 Å². The first-order valence-electron chi connectivity index (χ1n) is 6.48. The highest BCUT2D eigenvalue weighted by molar-refractivity contribution is 9.10. The minimum absolute atomic E-state index is 0.103. The Morgan fingerprint density at radius 1 is 1.48 bits per heavy atom. The number of pyridine rings is 1. The molecule has 0 fully saturated rings. The Morgan fingerprint density at radius 2 is 2.19 bits per heavy atom. The molecule has 0 saturated carbocycles. The van der Waals surface area contributed by atoms with Gasteiger partial charge in [0.2, 0.25) is 0 Å². The minimum Gasteiger partial charge on any atom is -0.462 e. The maximum absolute atomic E-state index is 12.2. The largest absolute Gasteiger partial charge is 0.462 e. The van der Waals surface area contributed by atoms with Gasteiger partial charge in [0.1, 0.15) is 5.56 Å². The van der Waals surface area contributed by atoms with E-state index in [1.807, 2.05) is 0 Å². The lowest BCUT2D eigenvalue weighted by Gasteiger charge is -2.10. The zero-order valence-corrected chi connectivity index (χ0v) is 13.7. The quantitative estimate of drug-likeness (QED) is 0.787. The van der Waals surface area contributed by atoms with Crippen molar-refractivity contribution >= 4 is 21.9 Å². The summed E-state index contributed by atoms with van der Waals surface area (Å²) in [7, 11) is 1.73. The number of nitrogens with zero attached hydrogens (tertiary/aromatic N) is 3. The average molecular weight is 354 g/mol. The van der Waals surface area contributed by atoms with Crippen LogP contribution in [-0.4, -0.2) is 26.9 Å². The zero-order valence-electron chi connectivity index (χ0n) is 12.1. The molecule has 0 atom stereocenters. The first-order chi connectivity index (χ1) is 9.93. The fourth-order valence-corrected chi connectivity index (χ4v) is 2.64. The first-order valence-corrected chi connectivity index (χ1v) is 7.28. The van der Waals surface area contributed by atoms with E-state index < -0.39 is 5.97 Å². The second-order valence-electron chi connectivity index (χ2n) is 4.62. The monoisotopic (exact) mass is 353 g/mol. The Bertz CT molecular complexity index is 734. The van der Waals surface area contributed by atoms with Gasteiger partial charge < -0.3 is 9.30 Å². The van der Waals surface area contributed by atoms with Gasteiger partial charge in [-0.05, 0) is 35.8 Å². The lowest BCUT2D eigenvalue weighted by molar-refractivity contribution is 0.0524. The topological polar surface area (TPSA) is 66.1 Å². The van der Waals surface area contributed by atoms with Crippen molar-refractivity contribution in [2.24, 2.45) is 7.05 Å². The maximum Gasteiger partial charge on any atom is 0.341 e. The molecule has 0 bridgehead atoms. The van der Waals surface area contributed by atoms with E-state index in [0.29, 0.717) is 23.4 Å². The van der Waals surface area contributed by atoms with Gasteiger partial charge in [0.05, 0.1) is 25.0 Å². The Morgan fingerprint density at radius 3 is 2.86 bits per heavy atom. The van der Waals surface area contributed by atoms with Gasteiger partial charge in [-0.15, -0.1) is 0 Å². The molecule has 0 spiro atoms. The molecule has 2 aromatic rings. The highest BCUT2D eigenvalue weighted by Crippen LogP contribution is 2.13. The van der Waals surface area contributed by atoms with Crippen molar-refractivity contribution < 1.29 is 9.53 Å². The van der Waals surface area contributed by atoms with Crippen molar-refractivity contribution in [2.75, 3.05) is 6.61 Å². The van der Waals surface area contributed by atoms with Crippen LogP contribution in [-0.2, 0) is 18.3 Å². The van der Waals surface area contributed by atoms with Crippen molar-refractivity contribution in [2.45, 2.75) is 20.4 Å². The number of carbonyl (C=O) groups is 1. The van der Waals surface area contributed by atoms with Gasteiger partial charge in [0.15, 0.2) is 0 Å². The highest BCUT2D eigenvalue weighted by Gasteiger charge is 2.18. The van der Waals surface area contributed by atoms with Gasteiger partial charge in [-0.1, -0.05) is 0 Å². The van der Waals surface area contributed by atoms with Crippen LogP contribution < -0.4 is 5.56 Å². The normalized spacial score (nSPS) is 10.7. The summed E-state index contributed by atoms with van der Waals surface area (Å²) in [4.78, 5) is 24.1. The summed E-state index contributed by atoms with van der Waals surface area (Å²) in [5.74, 6) is -0.430. The number of carbonyl (C=O) groups excluding carboxylic acids is 1. The summed E-state index contributed by atoms with van der Waals surface area (Å²) < 4.78 is 8.93. The third-order valence-electron chi connectivity index (χ3n) is 3.11. The summed E-state index contributed by atoms with van der Waals surface area (Å²) in [5, 5.41) is 4.08. The average Bonchev–Trinajstić information content (AvgIpc) is 2.77. The fourth-order valence-electron chi connectivity index (χ4n) is 2.05. The standard InChI is InChI=1S/C14H16BrN3O3/c1-4-21-14(20)11-6-16-17(3)12(11)8-18-7-10(15)5-9(2)13(18)19/h5-7H,4,8H2,1-3H3. The Labute approximate surface area is 130 Å². The van der Waals surface area contributed by atoms with E-state index >= 15 is 0 Å². The lowest BCUT2D eigenvalue weighted by Crippen LogP contribution is -2.24. The van der Waals surface area contributed by atoms with Crippen LogP contribution in [0.5, 0.6) is 0 Å². The molecule has 112 valence electrons. The van der Waals surface area contributed by atoms with Crippen molar-refractivity contribution in [3.63, 3.8) is 0 Å². The van der Waals surface area contributed by atoms with E-state index in [1.54, 1.807) is 42.4 Å². The first kappa shape index (κ1) is 15.5. The number of halogens is 1. The van der Waals surface area contributed by atoms with Crippen LogP contribution in [0, 0.1) is 6.92 Å². The predicted octanol–water partition coefficient (Wildman–Crippen LogP) is 1.88. The number of aryl methyl sites for hydroxylation is 2. The molecule has 0 aliphatic heterocycles. The van der Waals surface area contributed by atoms with Crippen molar-refractivity contribution in [3.05, 3.63) is 50.1 Å². The van der Waals surface area contributed by atoms with E-state index in [9.17, 15) is 9.59 Å². The number of rotatable bonds is 4. The molecule has 2 rings (SSSR count). The molecular weight excluding hydrogens is 338 g/mol. The van der Waals surface area contributed by atoms with Crippen molar-refractivity contribution in [1.82, 2.24) is 14.3 Å². The second kappa shape index (κ2) is 6.26. The highest BCUT2D eigenvalue weighted by atomic mass is 79.9. The zero-order chi connectivity index (χ0) is 15.6. The summed E-state index contributed by atoms with van der Waals surface area (Å²) in [5.41, 5.74) is 1.54. The van der Waals surface area contributed by atoms with Crippen LogP contribution in [0.4, 0.5) is 0 Å². The number of esters is 1. The number of hydrogen-bond acceptors (Lipinski definition) is 4. The third kappa shape index (κ3) is 3.24.